The molecular formula is C15H19Cl2N3. The minimum atomic E-state index is 0.576. The summed E-state index contributed by atoms with van der Waals surface area (Å²) in [7, 11) is 0. The van der Waals surface area contributed by atoms with Gasteiger partial charge < -0.3 is 10.3 Å². The van der Waals surface area contributed by atoms with Crippen molar-refractivity contribution in [1.29, 1.82) is 0 Å². The van der Waals surface area contributed by atoms with Crippen LogP contribution in [0.5, 0.6) is 0 Å². The molecule has 0 radical (unpaired) electrons. The van der Waals surface area contributed by atoms with Crippen molar-refractivity contribution >= 4 is 29.0 Å². The predicted octanol–water partition coefficient (Wildman–Crippen LogP) is 4.80. The summed E-state index contributed by atoms with van der Waals surface area (Å²) in [6, 6.07) is 5.39. The van der Waals surface area contributed by atoms with Crippen LogP contribution in [0, 0.1) is 0 Å². The Bertz CT molecular complexity index is 605. The van der Waals surface area contributed by atoms with Crippen molar-refractivity contribution in [2.45, 2.75) is 39.7 Å². The van der Waals surface area contributed by atoms with Crippen LogP contribution in [0.15, 0.2) is 18.2 Å². The summed E-state index contributed by atoms with van der Waals surface area (Å²) < 4.78 is 2.09. The number of halogens is 2. The smallest absolute Gasteiger partial charge is 0.131 e. The summed E-state index contributed by atoms with van der Waals surface area (Å²) in [4.78, 5) is 4.65. The fourth-order valence-electron chi connectivity index (χ4n) is 2.23. The Kier molecular flexibility index (Phi) is 4.95. The molecule has 0 aliphatic carbocycles. The molecule has 1 heterocycles. The van der Waals surface area contributed by atoms with E-state index >= 15 is 0 Å². The molecule has 20 heavy (non-hydrogen) atoms. The maximum absolute atomic E-state index is 6.27. The largest absolute Gasteiger partial charge is 0.383 e. The fourth-order valence-corrected chi connectivity index (χ4v) is 2.73. The van der Waals surface area contributed by atoms with Gasteiger partial charge in [-0.2, -0.15) is 0 Å². The molecule has 0 spiro atoms. The van der Waals surface area contributed by atoms with E-state index in [2.05, 4.69) is 23.4 Å². The number of hydrogen-bond donors (Lipinski definition) is 1. The molecule has 3 nitrogen and oxygen atoms in total. The van der Waals surface area contributed by atoms with E-state index in [0.717, 1.165) is 42.9 Å². The van der Waals surface area contributed by atoms with Gasteiger partial charge in [-0.05, 0) is 24.6 Å². The van der Waals surface area contributed by atoms with E-state index < -0.39 is 0 Å². The number of nitrogens with two attached hydrogens (primary N) is 1. The number of rotatable bonds is 5. The quantitative estimate of drug-likeness (QED) is 0.861. The van der Waals surface area contributed by atoms with Gasteiger partial charge in [-0.1, -0.05) is 43.5 Å². The second-order valence-electron chi connectivity index (χ2n) is 4.74. The van der Waals surface area contributed by atoms with Gasteiger partial charge in [0.05, 0.1) is 5.02 Å². The molecule has 0 bridgehead atoms. The van der Waals surface area contributed by atoms with Crippen molar-refractivity contribution in [2.24, 2.45) is 0 Å². The number of imidazole rings is 1. The number of aromatic nitrogens is 2. The third kappa shape index (κ3) is 2.94. The van der Waals surface area contributed by atoms with Crippen LogP contribution in [0.4, 0.5) is 5.82 Å². The Morgan fingerprint density at radius 2 is 2.00 bits per heavy atom. The molecule has 0 saturated carbocycles. The highest BCUT2D eigenvalue weighted by molar-refractivity contribution is 6.36. The Labute approximate surface area is 129 Å². The van der Waals surface area contributed by atoms with E-state index in [-0.39, 0.29) is 0 Å². The predicted molar refractivity (Wildman–Crippen MR) is 86.4 cm³/mol. The maximum Gasteiger partial charge on any atom is 0.131 e. The van der Waals surface area contributed by atoms with Crippen molar-refractivity contribution < 1.29 is 0 Å². The van der Waals surface area contributed by atoms with Crippen LogP contribution >= 0.6 is 23.2 Å². The number of hydrogen-bond acceptors (Lipinski definition) is 2. The average molecular weight is 312 g/mol. The van der Waals surface area contributed by atoms with Crippen LogP contribution in [-0.4, -0.2) is 9.55 Å². The molecule has 0 aliphatic heterocycles. The van der Waals surface area contributed by atoms with Gasteiger partial charge in [0.2, 0.25) is 0 Å². The van der Waals surface area contributed by atoms with Crippen LogP contribution in [0.25, 0.3) is 11.3 Å². The molecule has 0 amide bonds. The average Bonchev–Trinajstić information content (AvgIpc) is 2.73. The highest BCUT2D eigenvalue weighted by Crippen LogP contribution is 2.34. The van der Waals surface area contributed by atoms with E-state index in [0.29, 0.717) is 15.9 Å². The Morgan fingerprint density at radius 3 is 2.60 bits per heavy atom. The van der Waals surface area contributed by atoms with Gasteiger partial charge in [-0.3, -0.25) is 0 Å². The lowest BCUT2D eigenvalue weighted by Crippen LogP contribution is -2.06. The zero-order valence-electron chi connectivity index (χ0n) is 11.8. The fraction of sp³-hybridized carbons (Fsp3) is 0.400. The lowest BCUT2D eigenvalue weighted by Gasteiger charge is -2.08. The summed E-state index contributed by atoms with van der Waals surface area (Å²) in [6.07, 6.45) is 3.05. The molecule has 1 aromatic carbocycles. The standard InChI is InChI=1S/C15H19Cl2N3/c1-3-5-8-20-13(4-2)19-14(15(20)18)11-7-6-10(16)9-12(11)17/h6-7,9H,3-5,8,18H2,1-2H3. The number of benzene rings is 1. The van der Waals surface area contributed by atoms with Crippen LogP contribution in [0.2, 0.25) is 10.0 Å². The van der Waals surface area contributed by atoms with Crippen LogP contribution in [0.3, 0.4) is 0 Å². The number of nitrogen functional groups attached to an aromatic ring is 1. The van der Waals surface area contributed by atoms with E-state index in [1.165, 1.54) is 0 Å². The first-order valence-corrected chi connectivity index (χ1v) is 7.64. The van der Waals surface area contributed by atoms with Crippen LogP contribution in [-0.2, 0) is 13.0 Å². The summed E-state index contributed by atoms with van der Waals surface area (Å²) in [5.41, 5.74) is 7.85. The molecule has 0 fully saturated rings. The number of aryl methyl sites for hydroxylation is 1. The molecule has 0 atom stereocenters. The molecule has 0 saturated heterocycles. The third-order valence-electron chi connectivity index (χ3n) is 3.32. The van der Waals surface area contributed by atoms with Gasteiger partial charge in [-0.15, -0.1) is 0 Å². The highest BCUT2D eigenvalue weighted by Gasteiger charge is 2.17. The number of unbranched alkanes of at least 4 members (excludes halogenated alkanes) is 1. The van der Waals surface area contributed by atoms with Crippen molar-refractivity contribution in [3.05, 3.63) is 34.1 Å². The van der Waals surface area contributed by atoms with Crippen LogP contribution < -0.4 is 5.73 Å². The molecular weight excluding hydrogens is 293 g/mol. The lowest BCUT2D eigenvalue weighted by atomic mass is 10.1. The van der Waals surface area contributed by atoms with E-state index in [1.54, 1.807) is 12.1 Å². The van der Waals surface area contributed by atoms with Gasteiger partial charge >= 0.3 is 0 Å². The maximum atomic E-state index is 6.27. The SMILES string of the molecule is CCCCn1c(CC)nc(-c2ccc(Cl)cc2Cl)c1N. The third-order valence-corrected chi connectivity index (χ3v) is 3.87. The second-order valence-corrected chi connectivity index (χ2v) is 5.59. The van der Waals surface area contributed by atoms with Crippen LogP contribution in [0.1, 0.15) is 32.5 Å². The monoisotopic (exact) mass is 311 g/mol. The summed E-state index contributed by atoms with van der Waals surface area (Å²) in [6.45, 7) is 5.14. The van der Waals surface area contributed by atoms with Crippen molar-refractivity contribution in [1.82, 2.24) is 9.55 Å². The summed E-state index contributed by atoms with van der Waals surface area (Å²) >= 11 is 12.2. The van der Waals surface area contributed by atoms with Gasteiger partial charge in [0.1, 0.15) is 17.3 Å². The zero-order valence-corrected chi connectivity index (χ0v) is 13.3. The summed E-state index contributed by atoms with van der Waals surface area (Å²) in [5, 5.41) is 1.19. The van der Waals surface area contributed by atoms with Gasteiger partial charge in [0.25, 0.3) is 0 Å². The molecule has 5 heteroatoms. The van der Waals surface area contributed by atoms with Crippen molar-refractivity contribution in [3.8, 4) is 11.3 Å². The molecule has 2 aromatic rings. The highest BCUT2D eigenvalue weighted by atomic mass is 35.5. The number of anilines is 1. The van der Waals surface area contributed by atoms with Crippen molar-refractivity contribution in [3.63, 3.8) is 0 Å². The van der Waals surface area contributed by atoms with Crippen molar-refractivity contribution in [2.75, 3.05) is 5.73 Å². The van der Waals surface area contributed by atoms with Gasteiger partial charge in [0.15, 0.2) is 0 Å². The normalized spacial score (nSPS) is 11.0. The lowest BCUT2D eigenvalue weighted by molar-refractivity contribution is 0.612. The molecule has 1 aromatic heterocycles. The Balaban J connectivity index is 2.49. The molecule has 2 N–H and O–H groups in total. The summed E-state index contributed by atoms with van der Waals surface area (Å²) in [5.74, 6) is 1.68. The molecule has 2 rings (SSSR count). The van der Waals surface area contributed by atoms with Gasteiger partial charge in [0, 0.05) is 23.6 Å². The Hall–Kier alpha value is -1.19. The molecule has 108 valence electrons. The topological polar surface area (TPSA) is 43.8 Å². The zero-order chi connectivity index (χ0) is 14.7. The van der Waals surface area contributed by atoms with E-state index in [1.807, 2.05) is 6.07 Å². The second kappa shape index (κ2) is 6.51. The van der Waals surface area contributed by atoms with Gasteiger partial charge in [-0.25, -0.2) is 4.98 Å². The minimum Gasteiger partial charge on any atom is -0.383 e. The van der Waals surface area contributed by atoms with E-state index in [4.69, 9.17) is 28.9 Å². The minimum absolute atomic E-state index is 0.576. The van der Waals surface area contributed by atoms with E-state index in [9.17, 15) is 0 Å². The molecule has 0 aliphatic rings. The Morgan fingerprint density at radius 1 is 1.25 bits per heavy atom. The number of nitrogens with zero attached hydrogens (tertiary/aromatic N) is 2. The molecule has 0 unspecified atom stereocenters. The first-order chi connectivity index (χ1) is 9.58. The first-order valence-electron chi connectivity index (χ1n) is 6.88. The first kappa shape index (κ1) is 15.2.